The Morgan fingerprint density at radius 3 is 2.52 bits per heavy atom. The minimum absolute atomic E-state index is 0.0403. The van der Waals surface area contributed by atoms with Crippen LogP contribution in [0.1, 0.15) is 15.9 Å². The summed E-state index contributed by atoms with van der Waals surface area (Å²) in [5.74, 6) is 1.01. The molecule has 1 N–H and O–H groups in total. The Bertz CT molecular complexity index is 973. The van der Waals surface area contributed by atoms with E-state index in [1.165, 1.54) is 18.2 Å². The lowest BCUT2D eigenvalue weighted by molar-refractivity contribution is 0.0796. The number of nitrogens with one attached hydrogen (secondary N) is 1. The molecule has 2 aromatic rings. The van der Waals surface area contributed by atoms with Crippen molar-refractivity contribution in [3.05, 3.63) is 66.2 Å². The van der Waals surface area contributed by atoms with Crippen molar-refractivity contribution in [3.63, 3.8) is 0 Å². The first-order chi connectivity index (χ1) is 13.8. The molecule has 0 aliphatic carbocycles. The van der Waals surface area contributed by atoms with Gasteiger partial charge in [-0.05, 0) is 42.3 Å². The number of hydrogen-bond acceptors (Lipinski definition) is 5. The second-order valence-electron chi connectivity index (χ2n) is 6.33. The number of methoxy groups -OCH3 is 2. The maximum Gasteiger partial charge on any atom is 0.253 e. The SMILES string of the molecule is C=CCNS(=O)(=O)c1cccc(C(=O)N(C)CCc2ccc(OC)c(OC)c2)c1. The predicted octanol–water partition coefficient (Wildman–Crippen LogP) is 2.48. The average molecular weight is 419 g/mol. The Morgan fingerprint density at radius 2 is 1.86 bits per heavy atom. The van der Waals surface area contributed by atoms with Crippen LogP contribution in [0.25, 0.3) is 0 Å². The summed E-state index contributed by atoms with van der Waals surface area (Å²) in [5, 5.41) is 0. The third-order valence-corrected chi connectivity index (χ3v) is 5.76. The summed E-state index contributed by atoms with van der Waals surface area (Å²) >= 11 is 0. The number of likely N-dealkylation sites (N-methyl/N-ethyl adjacent to an activating group) is 1. The number of carbonyl (C=O) groups excluding carboxylic acids is 1. The number of rotatable bonds is 10. The van der Waals surface area contributed by atoms with Crippen LogP contribution in [-0.2, 0) is 16.4 Å². The molecule has 0 aliphatic heterocycles. The van der Waals surface area contributed by atoms with Gasteiger partial charge in [0.05, 0.1) is 19.1 Å². The number of amides is 1. The molecule has 1 amide bonds. The van der Waals surface area contributed by atoms with Crippen LogP contribution < -0.4 is 14.2 Å². The zero-order valence-electron chi connectivity index (χ0n) is 16.8. The second kappa shape index (κ2) is 10.1. The zero-order chi connectivity index (χ0) is 21.4. The third-order valence-electron chi connectivity index (χ3n) is 4.34. The van der Waals surface area contributed by atoms with Gasteiger partial charge in [-0.3, -0.25) is 4.79 Å². The number of carbonyl (C=O) groups is 1. The highest BCUT2D eigenvalue weighted by Gasteiger charge is 2.17. The van der Waals surface area contributed by atoms with Gasteiger partial charge in [-0.25, -0.2) is 13.1 Å². The van der Waals surface area contributed by atoms with E-state index in [1.807, 2.05) is 18.2 Å². The van der Waals surface area contributed by atoms with E-state index in [9.17, 15) is 13.2 Å². The van der Waals surface area contributed by atoms with E-state index in [1.54, 1.807) is 38.3 Å². The Morgan fingerprint density at radius 1 is 1.14 bits per heavy atom. The van der Waals surface area contributed by atoms with Crippen molar-refractivity contribution in [1.82, 2.24) is 9.62 Å². The normalized spacial score (nSPS) is 11.0. The quantitative estimate of drug-likeness (QED) is 0.599. The van der Waals surface area contributed by atoms with Crippen LogP contribution in [0.3, 0.4) is 0 Å². The van der Waals surface area contributed by atoms with Gasteiger partial charge in [0.1, 0.15) is 0 Å². The summed E-state index contributed by atoms with van der Waals surface area (Å²) < 4.78 is 37.4. The molecule has 0 aromatic heterocycles. The third kappa shape index (κ3) is 5.82. The highest BCUT2D eigenvalue weighted by molar-refractivity contribution is 7.89. The van der Waals surface area contributed by atoms with Gasteiger partial charge < -0.3 is 14.4 Å². The number of benzene rings is 2. The van der Waals surface area contributed by atoms with Crippen molar-refractivity contribution in [2.45, 2.75) is 11.3 Å². The molecule has 7 nitrogen and oxygen atoms in total. The smallest absolute Gasteiger partial charge is 0.253 e. The fourth-order valence-electron chi connectivity index (χ4n) is 2.70. The van der Waals surface area contributed by atoms with Crippen molar-refractivity contribution in [2.24, 2.45) is 0 Å². The molecule has 0 unspecified atom stereocenters. The van der Waals surface area contributed by atoms with Crippen molar-refractivity contribution < 1.29 is 22.7 Å². The monoisotopic (exact) mass is 418 g/mol. The van der Waals surface area contributed by atoms with Crippen molar-refractivity contribution >= 4 is 15.9 Å². The molecule has 2 aromatic carbocycles. The van der Waals surface area contributed by atoms with E-state index < -0.39 is 10.0 Å². The van der Waals surface area contributed by atoms with Gasteiger partial charge in [0, 0.05) is 25.7 Å². The number of ether oxygens (including phenoxy) is 2. The predicted molar refractivity (Wildman–Crippen MR) is 112 cm³/mol. The standard InChI is InChI=1S/C21H26N2O5S/c1-5-12-22-29(25,26)18-8-6-7-17(15-18)21(24)23(2)13-11-16-9-10-19(27-3)20(14-16)28-4/h5-10,14-15,22H,1,11-13H2,2-4H3. The molecule has 0 saturated heterocycles. The first kappa shape index (κ1) is 22.4. The van der Waals surface area contributed by atoms with Crippen molar-refractivity contribution in [1.29, 1.82) is 0 Å². The average Bonchev–Trinajstić information content (AvgIpc) is 2.75. The fourth-order valence-corrected chi connectivity index (χ4v) is 3.75. The van der Waals surface area contributed by atoms with E-state index in [2.05, 4.69) is 11.3 Å². The Labute approximate surface area is 172 Å². The number of nitrogens with zero attached hydrogens (tertiary/aromatic N) is 1. The molecule has 0 bridgehead atoms. The van der Waals surface area contributed by atoms with E-state index in [0.717, 1.165) is 5.56 Å². The maximum atomic E-state index is 12.7. The van der Waals surface area contributed by atoms with E-state index in [-0.39, 0.29) is 17.3 Å². The van der Waals surface area contributed by atoms with E-state index in [4.69, 9.17) is 9.47 Å². The minimum atomic E-state index is -3.69. The first-order valence-electron chi connectivity index (χ1n) is 8.99. The largest absolute Gasteiger partial charge is 0.493 e. The van der Waals surface area contributed by atoms with Crippen LogP contribution in [-0.4, -0.2) is 53.6 Å². The van der Waals surface area contributed by atoms with Crippen LogP contribution in [0.15, 0.2) is 60.0 Å². The van der Waals surface area contributed by atoms with Gasteiger partial charge in [-0.15, -0.1) is 6.58 Å². The highest BCUT2D eigenvalue weighted by atomic mass is 32.2. The lowest BCUT2D eigenvalue weighted by atomic mass is 10.1. The summed E-state index contributed by atoms with van der Waals surface area (Å²) in [6, 6.07) is 11.6. The van der Waals surface area contributed by atoms with Crippen LogP contribution in [0.2, 0.25) is 0 Å². The number of hydrogen-bond donors (Lipinski definition) is 1. The van der Waals surface area contributed by atoms with E-state index >= 15 is 0 Å². The second-order valence-corrected chi connectivity index (χ2v) is 8.10. The van der Waals surface area contributed by atoms with Crippen LogP contribution >= 0.6 is 0 Å². The molecule has 0 fully saturated rings. The maximum absolute atomic E-state index is 12.7. The molecule has 29 heavy (non-hydrogen) atoms. The first-order valence-corrected chi connectivity index (χ1v) is 10.5. The lowest BCUT2D eigenvalue weighted by Gasteiger charge is -2.18. The zero-order valence-corrected chi connectivity index (χ0v) is 17.7. The Hall–Kier alpha value is -2.84. The van der Waals surface area contributed by atoms with Gasteiger partial charge in [0.15, 0.2) is 11.5 Å². The van der Waals surface area contributed by atoms with Crippen LogP contribution in [0, 0.1) is 0 Å². The molecule has 0 saturated carbocycles. The van der Waals surface area contributed by atoms with Gasteiger partial charge in [0.25, 0.3) is 5.91 Å². The van der Waals surface area contributed by atoms with Gasteiger partial charge in [-0.1, -0.05) is 18.2 Å². The Balaban J connectivity index is 2.09. The van der Waals surface area contributed by atoms with Gasteiger partial charge >= 0.3 is 0 Å². The highest BCUT2D eigenvalue weighted by Crippen LogP contribution is 2.27. The molecule has 0 spiro atoms. The molecule has 2 rings (SSSR count). The minimum Gasteiger partial charge on any atom is -0.493 e. The molecule has 0 atom stereocenters. The summed E-state index contributed by atoms with van der Waals surface area (Å²) in [6.07, 6.45) is 2.07. The van der Waals surface area contributed by atoms with E-state index in [0.29, 0.717) is 30.0 Å². The molecule has 156 valence electrons. The van der Waals surface area contributed by atoms with Crippen molar-refractivity contribution in [2.75, 3.05) is 34.4 Å². The Kier molecular flexibility index (Phi) is 7.81. The summed E-state index contributed by atoms with van der Waals surface area (Å²) in [5.41, 5.74) is 1.30. The molecular weight excluding hydrogens is 392 g/mol. The molecule has 0 aliphatic rings. The molecular formula is C21H26N2O5S. The summed E-state index contributed by atoms with van der Waals surface area (Å²) in [6.45, 7) is 4.06. The topological polar surface area (TPSA) is 84.9 Å². The lowest BCUT2D eigenvalue weighted by Crippen LogP contribution is -2.29. The number of sulfonamides is 1. The van der Waals surface area contributed by atoms with Crippen molar-refractivity contribution in [3.8, 4) is 11.5 Å². The summed E-state index contributed by atoms with van der Waals surface area (Å²) in [4.78, 5) is 14.3. The molecule has 8 heteroatoms. The fraction of sp³-hybridized carbons (Fsp3) is 0.286. The van der Waals surface area contributed by atoms with Gasteiger partial charge in [0.2, 0.25) is 10.0 Å². The summed E-state index contributed by atoms with van der Waals surface area (Å²) in [7, 11) is 1.14. The van der Waals surface area contributed by atoms with Gasteiger partial charge in [-0.2, -0.15) is 0 Å². The molecule has 0 radical (unpaired) electrons. The van der Waals surface area contributed by atoms with Crippen LogP contribution in [0.5, 0.6) is 11.5 Å². The van der Waals surface area contributed by atoms with Crippen LogP contribution in [0.4, 0.5) is 0 Å². The molecule has 0 heterocycles.